The summed E-state index contributed by atoms with van der Waals surface area (Å²) in [5.74, 6) is 0.632. The Morgan fingerprint density at radius 1 is 1.44 bits per heavy atom. The maximum atomic E-state index is 12.7. The van der Waals surface area contributed by atoms with Crippen molar-refractivity contribution in [2.75, 3.05) is 16.8 Å². The molecule has 3 rings (SSSR count). The summed E-state index contributed by atoms with van der Waals surface area (Å²) in [7, 11) is 1.78. The van der Waals surface area contributed by atoms with Gasteiger partial charge in [0.05, 0.1) is 10.6 Å². The Morgan fingerprint density at radius 3 is 2.80 bits per heavy atom. The van der Waals surface area contributed by atoms with Crippen LogP contribution in [-0.4, -0.2) is 33.2 Å². The van der Waals surface area contributed by atoms with Crippen molar-refractivity contribution in [2.24, 2.45) is 7.05 Å². The van der Waals surface area contributed by atoms with Gasteiger partial charge in [-0.25, -0.2) is 0 Å². The fraction of sp³-hybridized carbons (Fsp3) is 0.312. The summed E-state index contributed by atoms with van der Waals surface area (Å²) in [6, 6.07) is 7.36. The van der Waals surface area contributed by atoms with Crippen LogP contribution in [0, 0.1) is 28.4 Å². The molecule has 0 aliphatic carbocycles. The van der Waals surface area contributed by atoms with Gasteiger partial charge in [-0.05, 0) is 25.5 Å². The number of hydrogen-bond donors (Lipinski definition) is 1. The number of rotatable bonds is 4. The minimum Gasteiger partial charge on any atom is -0.374 e. The van der Waals surface area contributed by atoms with E-state index >= 15 is 0 Å². The van der Waals surface area contributed by atoms with Crippen LogP contribution >= 0.6 is 0 Å². The molecule has 0 saturated carbocycles. The Morgan fingerprint density at radius 2 is 2.20 bits per heavy atom. The topological polar surface area (TPSA) is 117 Å². The van der Waals surface area contributed by atoms with Crippen LogP contribution < -0.4 is 10.2 Å². The number of nitrogens with one attached hydrogen (secondary N) is 1. The standard InChI is InChI=1S/C16H16N6O3/c1-10-7-15(20(2)19-10)21-6-5-13(16(21)23)18-12-3-4-14(22(24)25)11(8-12)9-17/h3-4,7-8,13,18H,5-6H2,1-2H3. The first-order chi connectivity index (χ1) is 11.9. The second kappa shape index (κ2) is 6.24. The lowest BCUT2D eigenvalue weighted by Gasteiger charge is -2.17. The summed E-state index contributed by atoms with van der Waals surface area (Å²) < 4.78 is 1.66. The third-order valence-electron chi connectivity index (χ3n) is 4.11. The lowest BCUT2D eigenvalue weighted by atomic mass is 10.1. The smallest absolute Gasteiger partial charge is 0.287 e. The lowest BCUT2D eigenvalue weighted by molar-refractivity contribution is -0.385. The van der Waals surface area contributed by atoms with Crippen LogP contribution in [0.5, 0.6) is 0 Å². The highest BCUT2D eigenvalue weighted by molar-refractivity contribution is 6.00. The molecule has 25 heavy (non-hydrogen) atoms. The molecule has 1 aliphatic heterocycles. The highest BCUT2D eigenvalue weighted by Gasteiger charge is 2.34. The van der Waals surface area contributed by atoms with E-state index in [0.29, 0.717) is 18.7 Å². The summed E-state index contributed by atoms with van der Waals surface area (Å²) in [4.78, 5) is 24.6. The van der Waals surface area contributed by atoms with Gasteiger partial charge in [0.15, 0.2) is 0 Å². The van der Waals surface area contributed by atoms with Crippen LogP contribution in [0.2, 0.25) is 0 Å². The Kier molecular flexibility index (Phi) is 4.10. The van der Waals surface area contributed by atoms with Crippen LogP contribution in [0.4, 0.5) is 17.2 Å². The molecule has 1 saturated heterocycles. The van der Waals surface area contributed by atoms with Gasteiger partial charge >= 0.3 is 0 Å². The molecule has 0 spiro atoms. The van der Waals surface area contributed by atoms with Gasteiger partial charge in [0, 0.05) is 31.4 Å². The quantitative estimate of drug-likeness (QED) is 0.669. The first-order valence-corrected chi connectivity index (χ1v) is 7.68. The van der Waals surface area contributed by atoms with Gasteiger partial charge in [0.25, 0.3) is 11.6 Å². The maximum absolute atomic E-state index is 12.7. The van der Waals surface area contributed by atoms with E-state index in [2.05, 4.69) is 10.4 Å². The average molecular weight is 340 g/mol. The zero-order valence-electron chi connectivity index (χ0n) is 13.8. The van der Waals surface area contributed by atoms with Crippen LogP contribution in [0.25, 0.3) is 0 Å². The Balaban J connectivity index is 1.79. The molecule has 1 aromatic heterocycles. The van der Waals surface area contributed by atoms with Gasteiger partial charge in [-0.2, -0.15) is 10.4 Å². The highest BCUT2D eigenvalue weighted by Crippen LogP contribution is 2.26. The van der Waals surface area contributed by atoms with E-state index in [0.717, 1.165) is 11.5 Å². The van der Waals surface area contributed by atoms with Gasteiger partial charge in [-0.1, -0.05) is 0 Å². The molecule has 0 radical (unpaired) electrons. The number of carbonyl (C=O) groups is 1. The molecule has 1 aliphatic rings. The fourth-order valence-corrected chi connectivity index (χ4v) is 2.97. The molecule has 1 amide bonds. The van der Waals surface area contributed by atoms with E-state index in [-0.39, 0.29) is 17.2 Å². The third kappa shape index (κ3) is 3.01. The summed E-state index contributed by atoms with van der Waals surface area (Å²) in [6.45, 7) is 2.41. The van der Waals surface area contributed by atoms with Crippen molar-refractivity contribution >= 4 is 23.1 Å². The van der Waals surface area contributed by atoms with Crippen molar-refractivity contribution in [2.45, 2.75) is 19.4 Å². The van der Waals surface area contributed by atoms with Gasteiger partial charge < -0.3 is 5.32 Å². The average Bonchev–Trinajstić information content (AvgIpc) is 3.09. The number of aromatic nitrogens is 2. The minimum absolute atomic E-state index is 0.0421. The molecule has 2 heterocycles. The second-order valence-corrected chi connectivity index (χ2v) is 5.84. The number of anilines is 2. The van der Waals surface area contributed by atoms with Crippen molar-refractivity contribution < 1.29 is 9.72 Å². The van der Waals surface area contributed by atoms with Crippen molar-refractivity contribution in [1.82, 2.24) is 9.78 Å². The summed E-state index contributed by atoms with van der Waals surface area (Å²) in [5, 5.41) is 27.3. The van der Waals surface area contributed by atoms with Gasteiger partial charge in [0.2, 0.25) is 0 Å². The van der Waals surface area contributed by atoms with Crippen LogP contribution in [0.3, 0.4) is 0 Å². The zero-order chi connectivity index (χ0) is 18.1. The molecule has 128 valence electrons. The molecule has 1 unspecified atom stereocenters. The fourth-order valence-electron chi connectivity index (χ4n) is 2.97. The molecular formula is C16H16N6O3. The van der Waals surface area contributed by atoms with E-state index in [4.69, 9.17) is 5.26 Å². The van der Waals surface area contributed by atoms with Crippen molar-refractivity contribution in [3.8, 4) is 6.07 Å². The number of nitro benzene ring substituents is 1. The predicted molar refractivity (Wildman–Crippen MR) is 90.1 cm³/mol. The molecular weight excluding hydrogens is 324 g/mol. The van der Waals surface area contributed by atoms with E-state index < -0.39 is 11.0 Å². The number of aryl methyl sites for hydroxylation is 2. The zero-order valence-corrected chi connectivity index (χ0v) is 13.8. The van der Waals surface area contributed by atoms with Crippen LogP contribution in [0.15, 0.2) is 24.3 Å². The van der Waals surface area contributed by atoms with Crippen LogP contribution in [-0.2, 0) is 11.8 Å². The number of nitriles is 1. The molecule has 1 N–H and O–H groups in total. The number of carbonyl (C=O) groups excluding carboxylic acids is 1. The van der Waals surface area contributed by atoms with E-state index in [1.807, 2.05) is 19.1 Å². The summed E-state index contributed by atoms with van der Waals surface area (Å²) in [5.41, 5.74) is 1.04. The van der Waals surface area contributed by atoms with Gasteiger partial charge in [-0.3, -0.25) is 24.5 Å². The first kappa shape index (κ1) is 16.4. The molecule has 9 nitrogen and oxygen atoms in total. The molecule has 1 aromatic carbocycles. The highest BCUT2D eigenvalue weighted by atomic mass is 16.6. The summed E-state index contributed by atoms with van der Waals surface area (Å²) in [6.07, 6.45) is 0.585. The Labute approximate surface area is 143 Å². The number of nitro groups is 1. The van der Waals surface area contributed by atoms with Crippen molar-refractivity contribution in [1.29, 1.82) is 5.26 Å². The third-order valence-corrected chi connectivity index (χ3v) is 4.11. The maximum Gasteiger partial charge on any atom is 0.287 e. The van der Waals surface area contributed by atoms with E-state index in [9.17, 15) is 14.9 Å². The van der Waals surface area contributed by atoms with Gasteiger partial charge in [-0.15, -0.1) is 0 Å². The monoisotopic (exact) mass is 340 g/mol. The normalized spacial score (nSPS) is 16.8. The second-order valence-electron chi connectivity index (χ2n) is 5.84. The molecule has 2 aromatic rings. The number of benzene rings is 1. The summed E-state index contributed by atoms with van der Waals surface area (Å²) >= 11 is 0. The van der Waals surface area contributed by atoms with Crippen molar-refractivity contribution in [3.63, 3.8) is 0 Å². The lowest BCUT2D eigenvalue weighted by Crippen LogP contribution is -2.34. The predicted octanol–water partition coefficient (Wildman–Crippen LogP) is 1.73. The SMILES string of the molecule is Cc1cc(N2CCC(Nc3ccc([N+](=O)[O-])c(C#N)c3)C2=O)n(C)n1. The van der Waals surface area contributed by atoms with Crippen molar-refractivity contribution in [3.05, 3.63) is 45.6 Å². The molecule has 1 atom stereocenters. The Hall–Kier alpha value is -3.41. The van der Waals surface area contributed by atoms with E-state index in [1.165, 1.54) is 18.2 Å². The van der Waals surface area contributed by atoms with Crippen LogP contribution in [0.1, 0.15) is 17.7 Å². The number of amides is 1. The molecule has 0 bridgehead atoms. The van der Waals surface area contributed by atoms with Gasteiger partial charge in [0.1, 0.15) is 23.5 Å². The largest absolute Gasteiger partial charge is 0.374 e. The number of hydrogen-bond acceptors (Lipinski definition) is 6. The van der Waals surface area contributed by atoms with E-state index in [1.54, 1.807) is 16.6 Å². The first-order valence-electron chi connectivity index (χ1n) is 7.68. The Bertz CT molecular complexity index is 898. The molecule has 1 fully saturated rings. The molecule has 9 heteroatoms. The number of nitrogens with zero attached hydrogens (tertiary/aromatic N) is 5. The minimum atomic E-state index is -0.602.